The van der Waals surface area contributed by atoms with Crippen molar-refractivity contribution in [3.63, 3.8) is 0 Å². The molecule has 8 heteroatoms. The van der Waals surface area contributed by atoms with Gasteiger partial charge in [-0.1, -0.05) is 12.1 Å². The Bertz CT molecular complexity index is 773. The first-order valence-corrected chi connectivity index (χ1v) is 7.20. The molecule has 1 aromatic carbocycles. The summed E-state index contributed by atoms with van der Waals surface area (Å²) < 4.78 is 42.3. The molecular weight excluding hydrogens is 337 g/mol. The van der Waals surface area contributed by atoms with Crippen molar-refractivity contribution in [3.05, 3.63) is 59.4 Å². The Kier molecular flexibility index (Phi) is 5.41. The van der Waals surface area contributed by atoms with E-state index >= 15 is 0 Å². The summed E-state index contributed by atoms with van der Waals surface area (Å²) in [6.45, 7) is 0. The number of esters is 1. The van der Waals surface area contributed by atoms with E-state index in [2.05, 4.69) is 9.72 Å². The van der Waals surface area contributed by atoms with Crippen LogP contribution >= 0.6 is 0 Å². The molecule has 0 fully saturated rings. The zero-order chi connectivity index (χ0) is 18.6. The predicted octanol–water partition coefficient (Wildman–Crippen LogP) is 3.09. The maximum Gasteiger partial charge on any atom is 0.416 e. The Morgan fingerprint density at radius 2 is 1.80 bits per heavy atom. The summed E-state index contributed by atoms with van der Waals surface area (Å²) >= 11 is 0. The molecule has 0 saturated heterocycles. The van der Waals surface area contributed by atoms with E-state index in [0.717, 1.165) is 12.1 Å². The number of carbonyl (C=O) groups is 2. The molecule has 0 aliphatic carbocycles. The summed E-state index contributed by atoms with van der Waals surface area (Å²) in [5, 5.41) is 0. The van der Waals surface area contributed by atoms with Gasteiger partial charge in [0.25, 0.3) is 0 Å². The number of aromatic nitrogens is 1. The summed E-state index contributed by atoms with van der Waals surface area (Å²) in [4.78, 5) is 29.2. The lowest BCUT2D eigenvalue weighted by molar-refractivity contribution is -0.137. The van der Waals surface area contributed by atoms with Gasteiger partial charge in [0.15, 0.2) is 5.69 Å². The molecule has 0 N–H and O–H groups in total. The van der Waals surface area contributed by atoms with Crippen LogP contribution in [0.4, 0.5) is 18.9 Å². The monoisotopic (exact) mass is 352 g/mol. The Balaban J connectivity index is 2.17. The van der Waals surface area contributed by atoms with E-state index in [1.54, 1.807) is 6.07 Å². The quantitative estimate of drug-likeness (QED) is 0.794. The topological polar surface area (TPSA) is 59.5 Å². The number of hydrogen-bond donors (Lipinski definition) is 0. The van der Waals surface area contributed by atoms with Crippen molar-refractivity contribution < 1.29 is 27.5 Å². The van der Waals surface area contributed by atoms with Gasteiger partial charge < -0.3 is 9.64 Å². The van der Waals surface area contributed by atoms with Gasteiger partial charge in [0.1, 0.15) is 0 Å². The van der Waals surface area contributed by atoms with Gasteiger partial charge in [-0.25, -0.2) is 9.78 Å². The fourth-order valence-electron chi connectivity index (χ4n) is 2.16. The third-order valence-corrected chi connectivity index (χ3v) is 3.54. The van der Waals surface area contributed by atoms with Gasteiger partial charge in [-0.05, 0) is 29.8 Å². The zero-order valence-corrected chi connectivity index (χ0v) is 13.5. The molecule has 0 unspecified atom stereocenters. The van der Waals surface area contributed by atoms with Crippen LogP contribution in [0.3, 0.4) is 0 Å². The number of rotatable bonds is 4. The van der Waals surface area contributed by atoms with Gasteiger partial charge in [0.2, 0.25) is 5.91 Å². The molecule has 2 aromatic rings. The fourth-order valence-corrected chi connectivity index (χ4v) is 2.16. The predicted molar refractivity (Wildman–Crippen MR) is 84.1 cm³/mol. The number of methoxy groups -OCH3 is 1. The van der Waals surface area contributed by atoms with Gasteiger partial charge in [-0.2, -0.15) is 13.2 Å². The molecule has 0 atom stereocenters. The highest BCUT2D eigenvalue weighted by Gasteiger charge is 2.30. The zero-order valence-electron chi connectivity index (χ0n) is 13.5. The highest BCUT2D eigenvalue weighted by atomic mass is 19.4. The molecule has 0 aliphatic heterocycles. The standard InChI is InChI=1S/C17H15F3N2O3/c1-22(13-4-3-9-21-15(13)16(24)25-2)14(23)10-11-5-7-12(8-6-11)17(18,19)20/h3-9H,10H2,1-2H3. The molecule has 2 rings (SSSR count). The molecular formula is C17H15F3N2O3. The van der Waals surface area contributed by atoms with Crippen LogP contribution in [0.2, 0.25) is 0 Å². The van der Waals surface area contributed by atoms with E-state index in [4.69, 9.17) is 0 Å². The Labute approximate surface area is 142 Å². The molecule has 0 bridgehead atoms. The Morgan fingerprint density at radius 3 is 2.36 bits per heavy atom. The van der Waals surface area contributed by atoms with E-state index < -0.39 is 23.6 Å². The number of halogens is 3. The van der Waals surface area contributed by atoms with Crippen LogP contribution in [0.1, 0.15) is 21.6 Å². The minimum atomic E-state index is -4.43. The molecule has 0 radical (unpaired) electrons. The number of nitrogens with zero attached hydrogens (tertiary/aromatic N) is 2. The Hall–Kier alpha value is -2.90. The normalized spacial score (nSPS) is 11.1. The minimum absolute atomic E-state index is 0.0201. The second kappa shape index (κ2) is 7.33. The lowest BCUT2D eigenvalue weighted by Gasteiger charge is -2.19. The highest BCUT2D eigenvalue weighted by molar-refractivity contribution is 6.01. The summed E-state index contributed by atoms with van der Waals surface area (Å²) in [6, 6.07) is 7.44. The molecule has 25 heavy (non-hydrogen) atoms. The number of carbonyl (C=O) groups excluding carboxylic acids is 2. The van der Waals surface area contributed by atoms with Crippen LogP contribution in [-0.2, 0) is 22.1 Å². The number of anilines is 1. The molecule has 0 saturated carbocycles. The molecule has 1 amide bonds. The molecule has 5 nitrogen and oxygen atoms in total. The van der Waals surface area contributed by atoms with Crippen molar-refractivity contribution in [2.24, 2.45) is 0 Å². The molecule has 0 spiro atoms. The van der Waals surface area contributed by atoms with Crippen molar-refractivity contribution in [2.45, 2.75) is 12.6 Å². The van der Waals surface area contributed by atoms with Crippen LogP contribution in [0.5, 0.6) is 0 Å². The van der Waals surface area contributed by atoms with Gasteiger partial charge in [-0.3, -0.25) is 4.79 Å². The van der Waals surface area contributed by atoms with Crippen LogP contribution in [-0.4, -0.2) is 31.0 Å². The van der Waals surface area contributed by atoms with Crippen LogP contribution in [0, 0.1) is 0 Å². The first kappa shape index (κ1) is 18.4. The van der Waals surface area contributed by atoms with E-state index in [-0.39, 0.29) is 17.8 Å². The maximum atomic E-state index is 12.6. The average Bonchev–Trinajstić information content (AvgIpc) is 2.60. The van der Waals surface area contributed by atoms with E-state index in [1.807, 2.05) is 0 Å². The number of alkyl halides is 3. The fraction of sp³-hybridized carbons (Fsp3) is 0.235. The van der Waals surface area contributed by atoms with Crippen molar-refractivity contribution in [2.75, 3.05) is 19.1 Å². The summed E-state index contributed by atoms with van der Waals surface area (Å²) in [6.07, 6.45) is -3.15. The van der Waals surface area contributed by atoms with Gasteiger partial charge in [0.05, 0.1) is 24.8 Å². The third kappa shape index (κ3) is 4.34. The second-order valence-corrected chi connectivity index (χ2v) is 5.19. The van der Waals surface area contributed by atoms with Crippen molar-refractivity contribution >= 4 is 17.6 Å². The first-order valence-electron chi connectivity index (χ1n) is 7.20. The molecule has 1 heterocycles. The summed E-state index contributed by atoms with van der Waals surface area (Å²) in [7, 11) is 2.65. The van der Waals surface area contributed by atoms with E-state index in [1.165, 1.54) is 43.5 Å². The summed E-state index contributed by atoms with van der Waals surface area (Å²) in [5.74, 6) is -1.09. The number of benzene rings is 1. The number of pyridine rings is 1. The van der Waals surface area contributed by atoms with E-state index in [0.29, 0.717) is 5.56 Å². The third-order valence-electron chi connectivity index (χ3n) is 3.54. The van der Waals surface area contributed by atoms with Gasteiger partial charge in [-0.15, -0.1) is 0 Å². The van der Waals surface area contributed by atoms with Crippen molar-refractivity contribution in [1.29, 1.82) is 0 Å². The smallest absolute Gasteiger partial charge is 0.416 e. The van der Waals surface area contributed by atoms with Gasteiger partial charge >= 0.3 is 12.1 Å². The maximum absolute atomic E-state index is 12.6. The summed E-state index contributed by atoms with van der Waals surface area (Å²) in [5.41, 5.74) is -0.120. The average molecular weight is 352 g/mol. The number of hydrogen-bond acceptors (Lipinski definition) is 4. The van der Waals surface area contributed by atoms with Crippen LogP contribution in [0.15, 0.2) is 42.6 Å². The van der Waals surface area contributed by atoms with Crippen molar-refractivity contribution in [1.82, 2.24) is 4.98 Å². The highest BCUT2D eigenvalue weighted by Crippen LogP contribution is 2.29. The lowest BCUT2D eigenvalue weighted by atomic mass is 10.1. The van der Waals surface area contributed by atoms with Crippen LogP contribution in [0.25, 0.3) is 0 Å². The molecule has 132 valence electrons. The van der Waals surface area contributed by atoms with Crippen LogP contribution < -0.4 is 4.90 Å². The lowest BCUT2D eigenvalue weighted by Crippen LogP contribution is -2.30. The van der Waals surface area contributed by atoms with Crippen molar-refractivity contribution in [3.8, 4) is 0 Å². The van der Waals surface area contributed by atoms with Gasteiger partial charge in [0, 0.05) is 13.2 Å². The second-order valence-electron chi connectivity index (χ2n) is 5.19. The number of amides is 1. The molecule has 0 aliphatic rings. The van der Waals surface area contributed by atoms with E-state index in [9.17, 15) is 22.8 Å². The Morgan fingerprint density at radius 1 is 1.16 bits per heavy atom. The number of ether oxygens (including phenoxy) is 1. The SMILES string of the molecule is COC(=O)c1ncccc1N(C)C(=O)Cc1ccc(C(F)(F)F)cc1. The largest absolute Gasteiger partial charge is 0.464 e. The minimum Gasteiger partial charge on any atom is -0.464 e. The first-order chi connectivity index (χ1) is 11.7. The molecule has 1 aromatic heterocycles. The number of likely N-dealkylation sites (N-methyl/N-ethyl adjacent to an activating group) is 1.